The number of ether oxygens (including phenoxy) is 2. The van der Waals surface area contributed by atoms with Crippen molar-refractivity contribution >= 4 is 41.1 Å². The molecule has 0 saturated heterocycles. The number of methoxy groups -OCH3 is 1. The minimum absolute atomic E-state index is 0. The van der Waals surface area contributed by atoms with E-state index in [0.717, 1.165) is 10.9 Å². The summed E-state index contributed by atoms with van der Waals surface area (Å²) in [5, 5.41) is 3.67. The molecule has 0 atom stereocenters. The number of rotatable bonds is 3. The zero-order valence-electron chi connectivity index (χ0n) is 13.4. The van der Waals surface area contributed by atoms with Crippen LogP contribution in [0.4, 0.5) is 20.8 Å². The topological polar surface area (TPSA) is 73.3 Å². The molecule has 0 bridgehead atoms. The van der Waals surface area contributed by atoms with Gasteiger partial charge < -0.3 is 14.8 Å². The lowest BCUT2D eigenvalue weighted by atomic mass is 10.2. The van der Waals surface area contributed by atoms with E-state index in [1.165, 1.54) is 19.2 Å². The van der Waals surface area contributed by atoms with Crippen molar-refractivity contribution < 1.29 is 18.7 Å². The molecule has 0 amide bonds. The van der Waals surface area contributed by atoms with Crippen molar-refractivity contribution in [2.24, 2.45) is 0 Å². The molecule has 6 nitrogen and oxygen atoms in total. The Hall–Kier alpha value is -2.93. The summed E-state index contributed by atoms with van der Waals surface area (Å²) in [6, 6.07) is 10.1. The Bertz CT molecular complexity index is 921. The number of aromatic nitrogens is 2. The predicted molar refractivity (Wildman–Crippen MR) is 94.2 cm³/mol. The molecule has 0 aliphatic rings. The van der Waals surface area contributed by atoms with Gasteiger partial charge in [0, 0.05) is 17.6 Å². The van der Waals surface area contributed by atoms with Crippen molar-refractivity contribution in [3.63, 3.8) is 0 Å². The fourth-order valence-electron chi connectivity index (χ4n) is 2.14. The number of anilines is 2. The minimum atomic E-state index is -0.877. The lowest BCUT2D eigenvalue weighted by molar-refractivity contribution is 0.121. The molecular weight excluding hydrogens is 349 g/mol. The van der Waals surface area contributed by atoms with Crippen LogP contribution in [0.25, 0.3) is 10.9 Å². The van der Waals surface area contributed by atoms with Gasteiger partial charge >= 0.3 is 6.16 Å². The molecule has 0 radical (unpaired) electrons. The van der Waals surface area contributed by atoms with Crippen LogP contribution in [-0.2, 0) is 4.74 Å². The summed E-state index contributed by atoms with van der Waals surface area (Å²) in [5.41, 5.74) is 1.28. The number of benzene rings is 2. The highest BCUT2D eigenvalue weighted by Crippen LogP contribution is 2.28. The van der Waals surface area contributed by atoms with E-state index >= 15 is 0 Å². The number of halogens is 2. The Balaban J connectivity index is 0.00000225. The van der Waals surface area contributed by atoms with Gasteiger partial charge in [-0.15, -0.1) is 12.4 Å². The Morgan fingerprint density at radius 3 is 2.76 bits per heavy atom. The monoisotopic (exact) mass is 363 g/mol. The molecule has 1 heterocycles. The van der Waals surface area contributed by atoms with Gasteiger partial charge in [0.25, 0.3) is 0 Å². The van der Waals surface area contributed by atoms with E-state index in [0.29, 0.717) is 5.56 Å². The predicted octanol–water partition coefficient (Wildman–Crippen LogP) is 4.39. The molecule has 3 rings (SSSR count). The summed E-state index contributed by atoms with van der Waals surface area (Å²) in [4.78, 5) is 19.7. The van der Waals surface area contributed by atoms with Crippen molar-refractivity contribution in [1.82, 2.24) is 9.97 Å². The molecule has 8 heteroatoms. The first kappa shape index (κ1) is 18.4. The SMILES string of the molecule is COC(=O)Oc1cc(Nc2ncc3ccccc3n2)c(F)cc1C.Cl. The van der Waals surface area contributed by atoms with Crippen LogP contribution in [0.1, 0.15) is 5.56 Å². The standard InChI is InChI=1S/C17H14FN3O3.ClH/c1-10-7-12(18)14(8-15(10)24-17(22)23-2)21-16-19-9-11-5-3-4-6-13(11)20-16;/h3-9H,1-2H3,(H,19,20,21);1H. The maximum Gasteiger partial charge on any atom is 0.513 e. The number of nitrogens with zero attached hydrogens (tertiary/aromatic N) is 2. The molecule has 1 aromatic heterocycles. The summed E-state index contributed by atoms with van der Waals surface area (Å²) < 4.78 is 23.6. The van der Waals surface area contributed by atoms with Gasteiger partial charge in [-0.3, -0.25) is 0 Å². The van der Waals surface area contributed by atoms with Gasteiger partial charge in [0.2, 0.25) is 5.95 Å². The Kier molecular flexibility index (Phi) is 5.71. The van der Waals surface area contributed by atoms with Gasteiger partial charge in [-0.2, -0.15) is 0 Å². The third-order valence-electron chi connectivity index (χ3n) is 3.36. The van der Waals surface area contributed by atoms with E-state index in [1.807, 2.05) is 24.3 Å². The third kappa shape index (κ3) is 4.13. The van der Waals surface area contributed by atoms with Crippen molar-refractivity contribution in [3.8, 4) is 5.75 Å². The van der Waals surface area contributed by atoms with Crippen LogP contribution in [0.3, 0.4) is 0 Å². The van der Waals surface area contributed by atoms with Crippen LogP contribution >= 0.6 is 12.4 Å². The molecule has 1 N–H and O–H groups in total. The van der Waals surface area contributed by atoms with Gasteiger partial charge in [-0.05, 0) is 24.6 Å². The van der Waals surface area contributed by atoms with Crippen molar-refractivity contribution in [2.75, 3.05) is 12.4 Å². The molecule has 0 aliphatic carbocycles. The number of aryl methyl sites for hydroxylation is 1. The van der Waals surface area contributed by atoms with Crippen LogP contribution < -0.4 is 10.1 Å². The van der Waals surface area contributed by atoms with E-state index in [1.54, 1.807) is 13.1 Å². The van der Waals surface area contributed by atoms with Crippen LogP contribution in [0.5, 0.6) is 5.75 Å². The first-order chi connectivity index (χ1) is 11.6. The van der Waals surface area contributed by atoms with E-state index in [2.05, 4.69) is 20.0 Å². The van der Waals surface area contributed by atoms with Crippen LogP contribution in [0.15, 0.2) is 42.6 Å². The fourth-order valence-corrected chi connectivity index (χ4v) is 2.14. The smallest absolute Gasteiger partial charge is 0.437 e. The molecular formula is C17H15ClFN3O3. The van der Waals surface area contributed by atoms with Crippen LogP contribution in [-0.4, -0.2) is 23.2 Å². The second kappa shape index (κ2) is 7.76. The maximum atomic E-state index is 14.2. The van der Waals surface area contributed by atoms with Gasteiger partial charge in [0.15, 0.2) is 0 Å². The number of fused-ring (bicyclic) bond motifs is 1. The van der Waals surface area contributed by atoms with E-state index in [-0.39, 0.29) is 29.8 Å². The van der Waals surface area contributed by atoms with Crippen molar-refractivity contribution in [1.29, 1.82) is 0 Å². The van der Waals surface area contributed by atoms with E-state index in [4.69, 9.17) is 4.74 Å². The number of hydrogen-bond acceptors (Lipinski definition) is 6. The summed E-state index contributed by atoms with van der Waals surface area (Å²) in [5.74, 6) is -0.0894. The number of hydrogen-bond donors (Lipinski definition) is 1. The fraction of sp³-hybridized carbons (Fsp3) is 0.118. The van der Waals surface area contributed by atoms with Crippen LogP contribution in [0.2, 0.25) is 0 Å². The van der Waals surface area contributed by atoms with Crippen molar-refractivity contribution in [2.45, 2.75) is 6.92 Å². The zero-order chi connectivity index (χ0) is 17.1. The third-order valence-corrected chi connectivity index (χ3v) is 3.36. The molecule has 0 saturated carbocycles. The zero-order valence-corrected chi connectivity index (χ0v) is 14.3. The second-order valence-corrected chi connectivity index (χ2v) is 5.03. The molecule has 3 aromatic rings. The molecule has 0 unspecified atom stereocenters. The first-order valence-corrected chi connectivity index (χ1v) is 7.11. The maximum absolute atomic E-state index is 14.2. The van der Waals surface area contributed by atoms with Gasteiger partial charge in [-0.25, -0.2) is 19.2 Å². The molecule has 25 heavy (non-hydrogen) atoms. The second-order valence-electron chi connectivity index (χ2n) is 5.03. The Labute approximate surface area is 149 Å². The summed E-state index contributed by atoms with van der Waals surface area (Å²) in [6.45, 7) is 1.62. The average molecular weight is 364 g/mol. The molecule has 130 valence electrons. The van der Waals surface area contributed by atoms with E-state index in [9.17, 15) is 9.18 Å². The molecule has 0 fully saturated rings. The first-order valence-electron chi connectivity index (χ1n) is 7.11. The highest BCUT2D eigenvalue weighted by molar-refractivity contribution is 5.85. The molecule has 2 aromatic carbocycles. The summed E-state index contributed by atoms with van der Waals surface area (Å²) in [6.07, 6.45) is 0.764. The Morgan fingerprint density at radius 1 is 1.24 bits per heavy atom. The lowest BCUT2D eigenvalue weighted by Crippen LogP contribution is -2.09. The highest BCUT2D eigenvalue weighted by Gasteiger charge is 2.13. The quantitative estimate of drug-likeness (QED) is 0.549. The van der Waals surface area contributed by atoms with Crippen molar-refractivity contribution in [3.05, 3.63) is 54.0 Å². The van der Waals surface area contributed by atoms with E-state index < -0.39 is 12.0 Å². The minimum Gasteiger partial charge on any atom is -0.437 e. The van der Waals surface area contributed by atoms with Gasteiger partial charge in [0.1, 0.15) is 11.6 Å². The highest BCUT2D eigenvalue weighted by atomic mass is 35.5. The van der Waals surface area contributed by atoms with Crippen LogP contribution in [0, 0.1) is 12.7 Å². The normalized spacial score (nSPS) is 10.0. The van der Waals surface area contributed by atoms with Gasteiger partial charge in [0.05, 0.1) is 18.3 Å². The number of nitrogens with one attached hydrogen (secondary N) is 1. The average Bonchev–Trinajstić information content (AvgIpc) is 2.58. The Morgan fingerprint density at radius 2 is 2.00 bits per heavy atom. The largest absolute Gasteiger partial charge is 0.513 e. The molecule has 0 aliphatic heterocycles. The summed E-state index contributed by atoms with van der Waals surface area (Å²) >= 11 is 0. The van der Waals surface area contributed by atoms with Gasteiger partial charge in [-0.1, -0.05) is 18.2 Å². The number of carbonyl (C=O) groups is 1. The lowest BCUT2D eigenvalue weighted by Gasteiger charge is -2.11. The summed E-state index contributed by atoms with van der Waals surface area (Å²) in [7, 11) is 1.20. The number of carbonyl (C=O) groups excluding carboxylic acids is 1. The molecule has 0 spiro atoms. The number of para-hydroxylation sites is 1.